The molecule has 3 fully saturated rings. The molecule has 0 aromatic heterocycles. The molecule has 2 aromatic carbocycles. The molecular formula is C27H31Cl4EsN5O2-2. The van der Waals surface area contributed by atoms with E-state index in [1.807, 2.05) is 11.3 Å². The van der Waals surface area contributed by atoms with Crippen LogP contribution in [-0.4, -0.2) is 103 Å². The Kier molecular flexibility index (Phi) is 11.1. The number of amides is 2. The van der Waals surface area contributed by atoms with Gasteiger partial charge in [0.05, 0.1) is 21.7 Å². The van der Waals surface area contributed by atoms with Gasteiger partial charge in [-0.2, -0.15) is 42.3 Å². The number of hydrogen-bond donors (Lipinski definition) is 1. The standard InChI is InChI=1S/C21H28Cl2N5O2.C6H3Cl2.Es/c1-25-6-8-27(9-7-25)21(30)20-18(22)10-15(11-19(20)23)24-16-12-28(13-16)17-2-4-26(14-29)5-3-17;7-5-1-2-6(8)4-3-5;/h10-11,16-17,24H,2-9,12-13H2,1H3;1-3H;/q2*-1;. The number of nitrogens with zero attached hydrogens (tertiary/aromatic N) is 4. The maximum atomic E-state index is 12.9. The number of likely N-dealkylation sites (tertiary alicyclic amines) is 2. The molecule has 12 heteroatoms. The Hall–Kier alpha value is -2.74. The van der Waals surface area contributed by atoms with Crippen molar-refractivity contribution < 1.29 is 9.59 Å². The molecule has 5 rings (SSSR count). The fraction of sp³-hybridized carbons (Fsp3) is 0.481. The zero-order valence-electron chi connectivity index (χ0n) is 21.5. The van der Waals surface area contributed by atoms with Gasteiger partial charge in [-0.15, -0.1) is 11.6 Å². The van der Waals surface area contributed by atoms with E-state index in [1.54, 1.807) is 35.2 Å². The fourth-order valence-corrected chi connectivity index (χ4v) is 5.76. The summed E-state index contributed by atoms with van der Waals surface area (Å²) in [4.78, 5) is 31.8. The van der Waals surface area contributed by atoms with Gasteiger partial charge in [0.1, 0.15) is 0 Å². The maximum Gasteiger partial charge on any atom is 0.256 e. The molecule has 3 heterocycles. The van der Waals surface area contributed by atoms with Crippen LogP contribution in [0.4, 0.5) is 5.69 Å². The predicted octanol–water partition coefficient (Wildman–Crippen LogP) is 4.80. The third kappa shape index (κ3) is 8.13. The second-order valence-electron chi connectivity index (χ2n) is 9.87. The van der Waals surface area contributed by atoms with Crippen molar-refractivity contribution in [2.75, 3.05) is 64.7 Å². The summed E-state index contributed by atoms with van der Waals surface area (Å²) in [7, 11) is 2.05. The Bertz CT molecular complexity index is 1060. The number of likely N-dealkylation sites (N-methyl/N-ethyl adjacent to an activating group) is 1. The summed E-state index contributed by atoms with van der Waals surface area (Å²) in [5.74, 6) is -0.0987. The number of anilines is 1. The van der Waals surface area contributed by atoms with E-state index >= 15 is 0 Å². The Balaban J connectivity index is 0.000000402. The van der Waals surface area contributed by atoms with Crippen LogP contribution in [0.5, 0.6) is 0 Å². The van der Waals surface area contributed by atoms with Crippen molar-refractivity contribution in [3.63, 3.8) is 0 Å². The normalized spacial score (nSPS) is 18.9. The van der Waals surface area contributed by atoms with Crippen LogP contribution in [0, 0.1) is 6.07 Å². The fourth-order valence-electron chi connectivity index (χ4n) is 4.88. The van der Waals surface area contributed by atoms with Crippen molar-refractivity contribution >= 4 is 64.4 Å². The van der Waals surface area contributed by atoms with Gasteiger partial charge in [0, 0.05) is 51.0 Å². The Morgan fingerprint density at radius 3 is 2.10 bits per heavy atom. The molecule has 0 saturated carbocycles. The van der Waals surface area contributed by atoms with Crippen molar-refractivity contribution in [2.24, 2.45) is 0 Å². The first kappa shape index (κ1) is 30.8. The summed E-state index contributed by atoms with van der Waals surface area (Å²) in [5.41, 5.74) is 1.23. The minimum atomic E-state index is -0.0987. The van der Waals surface area contributed by atoms with E-state index in [0.717, 1.165) is 57.8 Å². The van der Waals surface area contributed by atoms with Gasteiger partial charge in [-0.25, -0.2) is 0 Å². The topological polar surface area (TPSA) is 59.1 Å². The molecule has 3 saturated heterocycles. The third-order valence-corrected chi connectivity index (χ3v) is 8.24. The molecule has 0 aliphatic carbocycles. The van der Waals surface area contributed by atoms with E-state index < -0.39 is 0 Å². The summed E-state index contributed by atoms with van der Waals surface area (Å²) in [6.07, 6.45) is 3.99. The molecule has 2 aromatic rings. The molecule has 1 N–H and O–H groups in total. The number of piperidine rings is 1. The van der Waals surface area contributed by atoms with Crippen LogP contribution >= 0.6 is 46.4 Å². The molecule has 0 unspecified atom stereocenters. The van der Waals surface area contributed by atoms with Gasteiger partial charge in [-0.1, -0.05) is 33.2 Å². The van der Waals surface area contributed by atoms with Crippen LogP contribution in [0.15, 0.2) is 30.3 Å². The van der Waals surface area contributed by atoms with Gasteiger partial charge in [-0.05, 0) is 45.1 Å². The smallest absolute Gasteiger partial charge is 0.256 e. The molecule has 217 valence electrons. The van der Waals surface area contributed by atoms with Crippen molar-refractivity contribution in [1.82, 2.24) is 19.6 Å². The number of hydrogen-bond acceptors (Lipinski definition) is 5. The van der Waals surface area contributed by atoms with E-state index in [2.05, 4.69) is 28.2 Å². The van der Waals surface area contributed by atoms with E-state index in [9.17, 15) is 9.59 Å². The van der Waals surface area contributed by atoms with Gasteiger partial charge in [0.2, 0.25) is 0 Å². The van der Waals surface area contributed by atoms with E-state index in [1.165, 1.54) is 0 Å². The van der Waals surface area contributed by atoms with Gasteiger partial charge in [-0.3, -0.25) is 9.69 Å². The SMILES string of the molecule is CN1CCN(C(=O)c2c(Cl)cc(NC3CN(C4CCN([C-]=O)CC4)C3)cc2Cl)CC1.Clc1[c-]cc(Cl)cc1.[Es]. The summed E-state index contributed by atoms with van der Waals surface area (Å²) >= 11 is 24.0. The molecule has 39 heavy (non-hydrogen) atoms. The van der Waals surface area contributed by atoms with E-state index in [-0.39, 0.29) is 5.91 Å². The first-order chi connectivity index (χ1) is 18.2. The van der Waals surface area contributed by atoms with Crippen molar-refractivity contribution in [3.8, 4) is 0 Å². The molecule has 0 spiro atoms. The molecule has 0 bridgehead atoms. The zero-order chi connectivity index (χ0) is 27.2. The predicted molar refractivity (Wildman–Crippen MR) is 154 cm³/mol. The number of carbonyl (C=O) groups is 1. The summed E-state index contributed by atoms with van der Waals surface area (Å²) in [5, 5.41) is 5.52. The summed E-state index contributed by atoms with van der Waals surface area (Å²) < 4.78 is 0. The molecular weight excluding hydrogens is 820 g/mol. The van der Waals surface area contributed by atoms with Crippen LogP contribution in [0.1, 0.15) is 23.2 Å². The molecule has 2 amide bonds. The molecule has 1 radical (unpaired) electrons. The minimum absolute atomic E-state index is 0. The number of halogens is 4. The second-order valence-corrected chi connectivity index (χ2v) is 11.5. The summed E-state index contributed by atoms with van der Waals surface area (Å²) in [6, 6.07) is 12.2. The summed E-state index contributed by atoms with van der Waals surface area (Å²) in [6.45, 7) is 6.55. The number of nitrogens with one attached hydrogen (secondary N) is 1. The van der Waals surface area contributed by atoms with Crippen LogP contribution in [-0.2, 0) is 4.79 Å². The van der Waals surface area contributed by atoms with Crippen molar-refractivity contribution in [1.29, 1.82) is 0 Å². The monoisotopic (exact) mass is 849 g/mol. The minimum Gasteiger partial charge on any atom is -0.520 e. The van der Waals surface area contributed by atoms with Crippen LogP contribution in [0.2, 0.25) is 20.1 Å². The van der Waals surface area contributed by atoms with E-state index in [0.29, 0.717) is 50.8 Å². The zero-order valence-corrected chi connectivity index (χ0v) is 27.1. The average Bonchev–Trinajstić information content (AvgIpc) is 2.88. The van der Waals surface area contributed by atoms with Gasteiger partial charge in [0.25, 0.3) is 5.91 Å². The van der Waals surface area contributed by atoms with Crippen LogP contribution in [0.25, 0.3) is 0 Å². The average molecular weight is 851 g/mol. The Morgan fingerprint density at radius 2 is 1.59 bits per heavy atom. The van der Waals surface area contributed by atoms with Gasteiger partial charge in [0.15, 0.2) is 0 Å². The number of piperazine rings is 1. The van der Waals surface area contributed by atoms with Crippen LogP contribution < -0.4 is 5.32 Å². The van der Waals surface area contributed by atoms with Gasteiger partial charge < -0.3 is 24.8 Å². The van der Waals surface area contributed by atoms with Crippen LogP contribution in [0.3, 0.4) is 0 Å². The first-order valence-corrected chi connectivity index (χ1v) is 14.2. The van der Waals surface area contributed by atoms with Crippen molar-refractivity contribution in [3.05, 3.63) is 62.1 Å². The second kappa shape index (κ2) is 14.1. The third-order valence-electron chi connectivity index (χ3n) is 7.17. The first-order valence-electron chi connectivity index (χ1n) is 12.7. The Morgan fingerprint density at radius 1 is 0.974 bits per heavy atom. The van der Waals surface area contributed by atoms with E-state index in [4.69, 9.17) is 46.4 Å². The largest absolute Gasteiger partial charge is 0.520 e. The molecule has 3 aliphatic rings. The number of rotatable bonds is 5. The Labute approximate surface area is 244 Å². The molecule has 3 aliphatic heterocycles. The molecule has 7 nitrogen and oxygen atoms in total. The van der Waals surface area contributed by atoms with Crippen molar-refractivity contribution in [2.45, 2.75) is 24.9 Å². The molecule has 0 atom stereocenters. The van der Waals surface area contributed by atoms with Gasteiger partial charge >= 0.3 is 0 Å². The maximum absolute atomic E-state index is 12.9. The number of benzene rings is 2. The number of carbonyl (C=O) groups excluding carboxylic acids is 2. The quantitative estimate of drug-likeness (QED) is 0.439.